The summed E-state index contributed by atoms with van der Waals surface area (Å²) in [5, 5.41) is 10.8. The van der Waals surface area contributed by atoms with Crippen LogP contribution in [0.15, 0.2) is 79.9 Å². The monoisotopic (exact) mass is 629 g/mol. The SMILES string of the molecule is C=CCN(CCCCC)C(=O)C1N([C@H](CO)c2ccccc2)C(=O)[C@@H]2[C@H](C(=O)N(CC=C)c3ccc(OCC)cc3)[C@@H]3CCC12O3. The van der Waals surface area contributed by atoms with Gasteiger partial charge >= 0.3 is 0 Å². The maximum absolute atomic E-state index is 14.8. The van der Waals surface area contributed by atoms with Crippen molar-refractivity contribution in [2.24, 2.45) is 11.8 Å². The van der Waals surface area contributed by atoms with Gasteiger partial charge in [-0.25, -0.2) is 0 Å². The summed E-state index contributed by atoms with van der Waals surface area (Å²) in [5.41, 5.74) is 0.184. The molecule has 2 aromatic rings. The first kappa shape index (κ1) is 33.4. The third kappa shape index (κ3) is 5.98. The van der Waals surface area contributed by atoms with Crippen LogP contribution in [0.3, 0.4) is 0 Å². The zero-order valence-electron chi connectivity index (χ0n) is 27.1. The highest BCUT2D eigenvalue weighted by Gasteiger charge is 2.75. The van der Waals surface area contributed by atoms with Gasteiger partial charge in [0.25, 0.3) is 0 Å². The van der Waals surface area contributed by atoms with Crippen molar-refractivity contribution in [3.05, 3.63) is 85.5 Å². The number of anilines is 1. The second-order valence-corrected chi connectivity index (χ2v) is 12.4. The molecule has 3 aliphatic heterocycles. The molecule has 0 aromatic heterocycles. The minimum atomic E-state index is -1.19. The molecule has 0 radical (unpaired) electrons. The van der Waals surface area contributed by atoms with Gasteiger partial charge in [0, 0.05) is 25.3 Å². The summed E-state index contributed by atoms with van der Waals surface area (Å²) in [5.74, 6) is -1.78. The Hall–Kier alpha value is -3.95. The number of aliphatic hydroxyl groups excluding tert-OH is 1. The topological polar surface area (TPSA) is 99.6 Å². The fraction of sp³-hybridized carbons (Fsp3) is 0.486. The number of carbonyl (C=O) groups is 3. The molecular weight excluding hydrogens is 582 g/mol. The van der Waals surface area contributed by atoms with Crippen molar-refractivity contribution in [3.8, 4) is 5.75 Å². The zero-order valence-corrected chi connectivity index (χ0v) is 27.1. The summed E-state index contributed by atoms with van der Waals surface area (Å²) >= 11 is 0. The fourth-order valence-corrected chi connectivity index (χ4v) is 7.71. The Kier molecular flexibility index (Phi) is 10.6. The van der Waals surface area contributed by atoms with Gasteiger partial charge in [0.05, 0.1) is 37.2 Å². The predicted octanol–water partition coefficient (Wildman–Crippen LogP) is 4.92. The first-order chi connectivity index (χ1) is 22.4. The largest absolute Gasteiger partial charge is 0.494 e. The molecule has 0 saturated carbocycles. The highest BCUT2D eigenvalue weighted by molar-refractivity contribution is 6.03. The molecule has 6 atom stereocenters. The highest BCUT2D eigenvalue weighted by atomic mass is 16.5. The van der Waals surface area contributed by atoms with Gasteiger partial charge < -0.3 is 29.3 Å². The van der Waals surface area contributed by atoms with Crippen molar-refractivity contribution < 1.29 is 29.0 Å². The lowest BCUT2D eigenvalue weighted by molar-refractivity contribution is -0.151. The zero-order chi connectivity index (χ0) is 32.8. The summed E-state index contributed by atoms with van der Waals surface area (Å²) < 4.78 is 12.3. The molecule has 2 bridgehead atoms. The fourth-order valence-electron chi connectivity index (χ4n) is 7.71. The Bertz CT molecular complexity index is 1400. The van der Waals surface area contributed by atoms with Crippen molar-refractivity contribution >= 4 is 23.4 Å². The smallest absolute Gasteiger partial charge is 0.248 e. The quantitative estimate of drug-likeness (QED) is 0.209. The number of carbonyl (C=O) groups excluding carboxylic acids is 3. The van der Waals surface area contributed by atoms with E-state index < -0.39 is 35.6 Å². The van der Waals surface area contributed by atoms with Crippen LogP contribution in [0.4, 0.5) is 5.69 Å². The Labute approximate surface area is 272 Å². The normalized spacial score (nSPS) is 25.2. The van der Waals surface area contributed by atoms with E-state index in [0.29, 0.717) is 49.5 Å². The lowest BCUT2D eigenvalue weighted by Crippen LogP contribution is -2.57. The molecule has 246 valence electrons. The van der Waals surface area contributed by atoms with Crippen LogP contribution in [0.5, 0.6) is 5.75 Å². The minimum Gasteiger partial charge on any atom is -0.494 e. The van der Waals surface area contributed by atoms with Crippen LogP contribution in [-0.2, 0) is 19.1 Å². The number of rotatable bonds is 16. The molecule has 5 rings (SSSR count). The number of hydrogen-bond acceptors (Lipinski definition) is 6. The molecule has 3 aliphatic rings. The van der Waals surface area contributed by atoms with Gasteiger partial charge in [-0.2, -0.15) is 0 Å². The lowest BCUT2D eigenvalue weighted by Gasteiger charge is -2.39. The Morgan fingerprint density at radius 2 is 1.78 bits per heavy atom. The van der Waals surface area contributed by atoms with Crippen LogP contribution in [0.2, 0.25) is 0 Å². The molecule has 9 heteroatoms. The maximum Gasteiger partial charge on any atom is 0.248 e. The number of nitrogens with zero attached hydrogens (tertiary/aromatic N) is 3. The van der Waals surface area contributed by atoms with E-state index in [1.807, 2.05) is 61.5 Å². The van der Waals surface area contributed by atoms with Crippen LogP contribution >= 0.6 is 0 Å². The molecule has 1 spiro atoms. The number of benzene rings is 2. The molecule has 3 fully saturated rings. The van der Waals surface area contributed by atoms with Crippen molar-refractivity contribution in [2.45, 2.75) is 69.7 Å². The van der Waals surface area contributed by atoms with Crippen LogP contribution in [-0.4, -0.2) is 83.2 Å². The predicted molar refractivity (Wildman–Crippen MR) is 177 cm³/mol. The highest BCUT2D eigenvalue weighted by Crippen LogP contribution is 2.60. The van der Waals surface area contributed by atoms with Crippen LogP contribution in [0.1, 0.15) is 57.6 Å². The van der Waals surface area contributed by atoms with Crippen molar-refractivity contribution in [3.63, 3.8) is 0 Å². The summed E-state index contributed by atoms with van der Waals surface area (Å²) in [6.07, 6.45) is 6.66. The summed E-state index contributed by atoms with van der Waals surface area (Å²) in [7, 11) is 0. The van der Waals surface area contributed by atoms with Gasteiger partial charge in [-0.15, -0.1) is 13.2 Å². The molecule has 9 nitrogen and oxygen atoms in total. The van der Waals surface area contributed by atoms with E-state index in [0.717, 1.165) is 19.3 Å². The molecule has 3 heterocycles. The average Bonchev–Trinajstić information content (AvgIpc) is 3.72. The molecule has 46 heavy (non-hydrogen) atoms. The second kappa shape index (κ2) is 14.6. The van der Waals surface area contributed by atoms with Gasteiger partial charge in [-0.3, -0.25) is 14.4 Å². The lowest BCUT2D eigenvalue weighted by atomic mass is 9.70. The third-order valence-electron chi connectivity index (χ3n) is 9.68. The van der Waals surface area contributed by atoms with Crippen molar-refractivity contribution in [2.75, 3.05) is 37.7 Å². The molecule has 3 saturated heterocycles. The number of unbranched alkanes of at least 4 members (excludes halogenated alkanes) is 2. The van der Waals surface area contributed by atoms with Gasteiger partial charge in [-0.1, -0.05) is 62.2 Å². The first-order valence-corrected chi connectivity index (χ1v) is 16.6. The molecule has 3 amide bonds. The number of amides is 3. The third-order valence-corrected chi connectivity index (χ3v) is 9.68. The molecule has 2 unspecified atom stereocenters. The van der Waals surface area contributed by atoms with E-state index in [1.54, 1.807) is 22.0 Å². The number of fused-ring (bicyclic) bond motifs is 1. The van der Waals surface area contributed by atoms with E-state index in [1.165, 1.54) is 4.90 Å². The Morgan fingerprint density at radius 1 is 1.07 bits per heavy atom. The molecular formula is C37H47N3O6. The summed E-state index contributed by atoms with van der Waals surface area (Å²) in [6.45, 7) is 13.0. The van der Waals surface area contributed by atoms with Gasteiger partial charge in [-0.05, 0) is 56.0 Å². The van der Waals surface area contributed by atoms with E-state index in [9.17, 15) is 19.5 Å². The number of aliphatic hydroxyl groups is 1. The van der Waals surface area contributed by atoms with Crippen molar-refractivity contribution in [1.29, 1.82) is 0 Å². The summed E-state index contributed by atoms with van der Waals surface area (Å²) in [6, 6.07) is 14.8. The van der Waals surface area contributed by atoms with E-state index in [-0.39, 0.29) is 30.9 Å². The second-order valence-electron chi connectivity index (χ2n) is 12.4. The van der Waals surface area contributed by atoms with E-state index >= 15 is 0 Å². The Morgan fingerprint density at radius 3 is 2.41 bits per heavy atom. The van der Waals surface area contributed by atoms with Crippen LogP contribution in [0.25, 0.3) is 0 Å². The van der Waals surface area contributed by atoms with Crippen LogP contribution < -0.4 is 9.64 Å². The molecule has 0 aliphatic carbocycles. The van der Waals surface area contributed by atoms with E-state index in [2.05, 4.69) is 20.1 Å². The van der Waals surface area contributed by atoms with Gasteiger partial charge in [0.15, 0.2) is 0 Å². The maximum atomic E-state index is 14.8. The standard InChI is InChI=1S/C37H47N3O6/c1-5-9-13-24-38(22-6-2)36(44)33-37-21-20-30(46-37)31(32(37)35(43)40(33)29(25-41)26-14-11-10-12-15-26)34(42)39(23-7-3)27-16-18-28(19-17-27)45-8-4/h6-7,10-12,14-19,29-33,41H,2-3,5,8-9,13,20-25H2,1,4H3/t29-,30+,31-,32+,33?,37?/m1/s1. The first-order valence-electron chi connectivity index (χ1n) is 16.6. The molecule has 2 aromatic carbocycles. The van der Waals surface area contributed by atoms with Crippen molar-refractivity contribution in [1.82, 2.24) is 9.80 Å². The van der Waals surface area contributed by atoms with Crippen LogP contribution in [0, 0.1) is 11.8 Å². The Balaban J connectivity index is 1.56. The van der Waals surface area contributed by atoms with Gasteiger partial charge in [0.1, 0.15) is 17.4 Å². The number of hydrogen-bond donors (Lipinski definition) is 1. The summed E-state index contributed by atoms with van der Waals surface area (Å²) in [4.78, 5) is 49.0. The molecule has 1 N–H and O–H groups in total. The average molecular weight is 630 g/mol. The van der Waals surface area contributed by atoms with Gasteiger partial charge in [0.2, 0.25) is 17.7 Å². The minimum absolute atomic E-state index is 0.232. The number of ether oxygens (including phenoxy) is 2. The number of likely N-dealkylation sites (tertiary alicyclic amines) is 1. The van der Waals surface area contributed by atoms with E-state index in [4.69, 9.17) is 9.47 Å².